The molecular formula is C19H31ClIN5O. The molecule has 0 aromatic heterocycles. The number of primary amides is 1. The second kappa shape index (κ2) is 13.2. The van der Waals surface area contributed by atoms with Gasteiger partial charge in [-0.25, -0.2) is 4.99 Å². The number of benzene rings is 1. The summed E-state index contributed by atoms with van der Waals surface area (Å²) < 4.78 is 0. The molecule has 1 saturated heterocycles. The first-order valence-electron chi connectivity index (χ1n) is 9.36. The molecule has 6 nitrogen and oxygen atoms in total. The number of guanidine groups is 1. The van der Waals surface area contributed by atoms with Gasteiger partial charge in [-0.05, 0) is 57.0 Å². The van der Waals surface area contributed by atoms with Crippen LogP contribution in [0.2, 0.25) is 5.02 Å². The van der Waals surface area contributed by atoms with Crippen LogP contribution in [-0.4, -0.2) is 49.5 Å². The molecule has 27 heavy (non-hydrogen) atoms. The number of halogens is 2. The normalized spacial score (nSPS) is 17.9. The van der Waals surface area contributed by atoms with Crippen LogP contribution in [0.5, 0.6) is 0 Å². The molecule has 2 rings (SSSR count). The second-order valence-electron chi connectivity index (χ2n) is 6.64. The van der Waals surface area contributed by atoms with Crippen molar-refractivity contribution in [3.05, 3.63) is 34.9 Å². The smallest absolute Gasteiger partial charge is 0.221 e. The minimum atomic E-state index is -0.170. The molecule has 0 saturated carbocycles. The van der Waals surface area contributed by atoms with Crippen LogP contribution < -0.4 is 16.4 Å². The van der Waals surface area contributed by atoms with E-state index in [1.807, 2.05) is 24.3 Å². The molecule has 0 radical (unpaired) electrons. The van der Waals surface area contributed by atoms with Gasteiger partial charge in [0.05, 0.1) is 12.5 Å². The Bertz CT molecular complexity index is 596. The largest absolute Gasteiger partial charge is 0.369 e. The second-order valence-corrected chi connectivity index (χ2v) is 7.08. The fourth-order valence-corrected chi connectivity index (χ4v) is 3.23. The highest BCUT2D eigenvalue weighted by molar-refractivity contribution is 14.0. The Morgan fingerprint density at radius 1 is 1.33 bits per heavy atom. The van der Waals surface area contributed by atoms with Crippen molar-refractivity contribution in [1.82, 2.24) is 15.5 Å². The third-order valence-electron chi connectivity index (χ3n) is 4.53. The van der Waals surface area contributed by atoms with E-state index in [1.54, 1.807) is 0 Å². The maximum atomic E-state index is 11.4. The summed E-state index contributed by atoms with van der Waals surface area (Å²) in [5.74, 6) is 0.655. The van der Waals surface area contributed by atoms with Gasteiger partial charge in [0.1, 0.15) is 0 Å². The number of nitrogens with two attached hydrogens (primary N) is 1. The van der Waals surface area contributed by atoms with Crippen LogP contribution in [0.4, 0.5) is 0 Å². The highest BCUT2D eigenvalue weighted by Crippen LogP contribution is 2.15. The van der Waals surface area contributed by atoms with Crippen molar-refractivity contribution in [3.8, 4) is 0 Å². The number of hydrogen-bond donors (Lipinski definition) is 3. The Morgan fingerprint density at radius 3 is 2.74 bits per heavy atom. The van der Waals surface area contributed by atoms with Crippen molar-refractivity contribution in [3.63, 3.8) is 0 Å². The van der Waals surface area contributed by atoms with Crippen molar-refractivity contribution in [2.75, 3.05) is 32.7 Å². The van der Waals surface area contributed by atoms with Gasteiger partial charge >= 0.3 is 0 Å². The minimum absolute atomic E-state index is 0. The maximum absolute atomic E-state index is 11.4. The highest BCUT2D eigenvalue weighted by Gasteiger charge is 2.23. The first-order chi connectivity index (χ1) is 12.6. The van der Waals surface area contributed by atoms with Gasteiger partial charge < -0.3 is 21.3 Å². The Morgan fingerprint density at radius 2 is 2.07 bits per heavy atom. The van der Waals surface area contributed by atoms with Crippen LogP contribution >= 0.6 is 35.6 Å². The van der Waals surface area contributed by atoms with Crippen molar-refractivity contribution in [1.29, 1.82) is 0 Å². The number of amides is 1. The van der Waals surface area contributed by atoms with Gasteiger partial charge in [-0.15, -0.1) is 24.0 Å². The quantitative estimate of drug-likeness (QED) is 0.219. The van der Waals surface area contributed by atoms with Gasteiger partial charge in [-0.1, -0.05) is 23.7 Å². The molecular weight excluding hydrogens is 477 g/mol. The van der Waals surface area contributed by atoms with E-state index in [0.29, 0.717) is 6.54 Å². The molecule has 0 aliphatic carbocycles. The number of aliphatic imine (C=N–C) groups is 1. The Kier molecular flexibility index (Phi) is 11.7. The van der Waals surface area contributed by atoms with E-state index in [0.717, 1.165) is 68.5 Å². The van der Waals surface area contributed by atoms with Gasteiger partial charge in [0.2, 0.25) is 5.91 Å². The average Bonchev–Trinajstić information content (AvgIpc) is 2.64. The number of hydrogen-bond acceptors (Lipinski definition) is 3. The molecule has 1 atom stereocenters. The predicted molar refractivity (Wildman–Crippen MR) is 123 cm³/mol. The molecule has 0 bridgehead atoms. The number of carbonyl (C=O) groups is 1. The van der Waals surface area contributed by atoms with Crippen LogP contribution in [0.3, 0.4) is 0 Å². The molecule has 8 heteroatoms. The third kappa shape index (κ3) is 9.12. The van der Waals surface area contributed by atoms with E-state index < -0.39 is 0 Å². The molecule has 1 aromatic rings. The lowest BCUT2D eigenvalue weighted by Crippen LogP contribution is -2.43. The number of nitrogens with zero attached hydrogens (tertiary/aromatic N) is 2. The summed E-state index contributed by atoms with van der Waals surface area (Å²) in [4.78, 5) is 18.3. The van der Waals surface area contributed by atoms with Gasteiger partial charge in [0.15, 0.2) is 5.96 Å². The Balaban J connectivity index is 0.00000364. The molecule has 1 aliphatic heterocycles. The van der Waals surface area contributed by atoms with Crippen LogP contribution in [0.25, 0.3) is 0 Å². The number of likely N-dealkylation sites (tertiary alicyclic amines) is 1. The van der Waals surface area contributed by atoms with Gasteiger partial charge in [-0.2, -0.15) is 0 Å². The van der Waals surface area contributed by atoms with E-state index in [-0.39, 0.29) is 35.8 Å². The SMILES string of the molecule is CCNC(=NCc1ccc(Cl)cc1)NCCCN1CCCC(C(N)=O)C1.I. The lowest BCUT2D eigenvalue weighted by atomic mass is 9.97. The number of piperidine rings is 1. The number of nitrogens with one attached hydrogen (secondary N) is 2. The summed E-state index contributed by atoms with van der Waals surface area (Å²) in [5.41, 5.74) is 6.56. The molecule has 1 amide bonds. The Hall–Kier alpha value is -1.06. The van der Waals surface area contributed by atoms with Crippen LogP contribution in [0.1, 0.15) is 31.7 Å². The first-order valence-corrected chi connectivity index (χ1v) is 9.74. The van der Waals surface area contributed by atoms with Crippen molar-refractivity contribution in [2.24, 2.45) is 16.6 Å². The van der Waals surface area contributed by atoms with Gasteiger partial charge in [0.25, 0.3) is 0 Å². The zero-order valence-corrected chi connectivity index (χ0v) is 19.0. The van der Waals surface area contributed by atoms with Gasteiger partial charge in [0, 0.05) is 24.7 Å². The summed E-state index contributed by atoms with van der Waals surface area (Å²) in [6.45, 7) is 7.13. The van der Waals surface area contributed by atoms with Crippen molar-refractivity contribution < 1.29 is 4.79 Å². The average molecular weight is 508 g/mol. The Labute approximate surface area is 184 Å². The zero-order valence-electron chi connectivity index (χ0n) is 15.9. The standard InChI is InChI=1S/C19H30ClN5O.HI/c1-2-22-19(24-13-15-6-8-17(20)9-7-15)23-10-4-12-25-11-3-5-16(14-25)18(21)26;/h6-9,16H,2-5,10-14H2,1H3,(H2,21,26)(H2,22,23,24);1H. The fourth-order valence-electron chi connectivity index (χ4n) is 3.10. The van der Waals surface area contributed by atoms with E-state index in [1.165, 1.54) is 0 Å². The van der Waals surface area contributed by atoms with E-state index in [9.17, 15) is 4.79 Å². The van der Waals surface area contributed by atoms with E-state index >= 15 is 0 Å². The summed E-state index contributed by atoms with van der Waals surface area (Å²) in [5, 5.41) is 7.37. The summed E-state index contributed by atoms with van der Waals surface area (Å²) in [6, 6.07) is 7.73. The highest BCUT2D eigenvalue weighted by atomic mass is 127. The zero-order chi connectivity index (χ0) is 18.8. The summed E-state index contributed by atoms with van der Waals surface area (Å²) in [7, 11) is 0. The summed E-state index contributed by atoms with van der Waals surface area (Å²) in [6.07, 6.45) is 2.97. The molecule has 1 heterocycles. The maximum Gasteiger partial charge on any atom is 0.221 e. The van der Waals surface area contributed by atoms with Gasteiger partial charge in [-0.3, -0.25) is 4.79 Å². The van der Waals surface area contributed by atoms with Crippen LogP contribution in [-0.2, 0) is 11.3 Å². The van der Waals surface area contributed by atoms with Crippen molar-refractivity contribution in [2.45, 2.75) is 32.7 Å². The predicted octanol–water partition coefficient (Wildman–Crippen LogP) is 2.60. The van der Waals surface area contributed by atoms with Crippen LogP contribution in [0.15, 0.2) is 29.3 Å². The number of rotatable bonds is 8. The lowest BCUT2D eigenvalue weighted by Gasteiger charge is -2.31. The molecule has 0 spiro atoms. The molecule has 1 fully saturated rings. The molecule has 1 aromatic carbocycles. The molecule has 152 valence electrons. The fraction of sp³-hybridized carbons (Fsp3) is 0.579. The summed E-state index contributed by atoms with van der Waals surface area (Å²) >= 11 is 5.91. The van der Waals surface area contributed by atoms with E-state index in [2.05, 4.69) is 27.4 Å². The topological polar surface area (TPSA) is 82.8 Å². The number of carbonyl (C=O) groups excluding carboxylic acids is 1. The monoisotopic (exact) mass is 507 g/mol. The lowest BCUT2D eigenvalue weighted by molar-refractivity contribution is -0.123. The minimum Gasteiger partial charge on any atom is -0.369 e. The molecule has 1 unspecified atom stereocenters. The van der Waals surface area contributed by atoms with Crippen LogP contribution in [0, 0.1) is 5.92 Å². The van der Waals surface area contributed by atoms with E-state index in [4.69, 9.17) is 17.3 Å². The molecule has 1 aliphatic rings. The molecule has 4 N–H and O–H groups in total. The third-order valence-corrected chi connectivity index (χ3v) is 4.78. The first kappa shape index (κ1) is 24.0. The van der Waals surface area contributed by atoms with Crippen molar-refractivity contribution >= 4 is 47.4 Å².